The molecule has 108 valence electrons. The van der Waals surface area contributed by atoms with E-state index in [4.69, 9.17) is 10.3 Å². The quantitative estimate of drug-likeness (QED) is 0.854. The molecule has 2 aromatic rings. The number of nitrogens with zero attached hydrogens (tertiary/aromatic N) is 2. The molecule has 1 aromatic carbocycles. The summed E-state index contributed by atoms with van der Waals surface area (Å²) >= 11 is 0. The average Bonchev–Trinajstić information content (AvgIpc) is 2.78. The van der Waals surface area contributed by atoms with Crippen molar-refractivity contribution in [2.45, 2.75) is 19.2 Å². The van der Waals surface area contributed by atoms with Crippen molar-refractivity contribution in [3.8, 4) is 0 Å². The van der Waals surface area contributed by atoms with E-state index < -0.39 is 12.8 Å². The zero-order valence-corrected chi connectivity index (χ0v) is 10.4. The molecule has 0 atom stereocenters. The zero-order valence-electron chi connectivity index (χ0n) is 10.4. The Labute approximate surface area is 112 Å². The first-order valence-corrected chi connectivity index (χ1v) is 5.73. The van der Waals surface area contributed by atoms with Gasteiger partial charge in [-0.3, -0.25) is 0 Å². The van der Waals surface area contributed by atoms with Crippen LogP contribution < -0.4 is 5.73 Å². The van der Waals surface area contributed by atoms with Crippen LogP contribution in [0.2, 0.25) is 0 Å². The first-order chi connectivity index (χ1) is 9.42. The van der Waals surface area contributed by atoms with E-state index in [1.807, 2.05) is 0 Å². The van der Waals surface area contributed by atoms with Gasteiger partial charge in [0.25, 0.3) is 0 Å². The van der Waals surface area contributed by atoms with E-state index in [-0.39, 0.29) is 12.4 Å². The summed E-state index contributed by atoms with van der Waals surface area (Å²) in [5.74, 6) is 0.389. The van der Waals surface area contributed by atoms with Gasteiger partial charge in [-0.2, -0.15) is 18.2 Å². The van der Waals surface area contributed by atoms with Crippen molar-refractivity contribution in [1.29, 1.82) is 0 Å². The molecule has 20 heavy (non-hydrogen) atoms. The lowest BCUT2D eigenvalue weighted by molar-refractivity contribution is -0.177. The van der Waals surface area contributed by atoms with Gasteiger partial charge >= 0.3 is 6.18 Å². The standard InChI is InChI=1S/C12H12F3N3O2/c13-12(14,15)7-19-6-10-17-11(20-18-10)5-8-1-3-9(16)4-2-8/h1-4H,5-7,16H2. The monoisotopic (exact) mass is 287 g/mol. The third-order valence-electron chi connectivity index (χ3n) is 2.34. The minimum Gasteiger partial charge on any atom is -0.399 e. The first-order valence-electron chi connectivity index (χ1n) is 5.73. The van der Waals surface area contributed by atoms with E-state index in [0.29, 0.717) is 18.0 Å². The average molecular weight is 287 g/mol. The van der Waals surface area contributed by atoms with Gasteiger partial charge in [-0.15, -0.1) is 0 Å². The first kappa shape index (κ1) is 14.3. The molecule has 2 N–H and O–H groups in total. The predicted octanol–water partition coefficient (Wildman–Crippen LogP) is 2.32. The van der Waals surface area contributed by atoms with E-state index in [1.54, 1.807) is 24.3 Å². The number of alkyl halides is 3. The summed E-state index contributed by atoms with van der Waals surface area (Å²) in [6.45, 7) is -1.68. The zero-order chi connectivity index (χ0) is 14.6. The molecule has 0 aliphatic rings. The van der Waals surface area contributed by atoms with E-state index in [9.17, 15) is 13.2 Å². The highest BCUT2D eigenvalue weighted by molar-refractivity contribution is 5.39. The molecule has 1 heterocycles. The third-order valence-corrected chi connectivity index (χ3v) is 2.34. The van der Waals surface area contributed by atoms with Gasteiger partial charge in [0.15, 0.2) is 5.82 Å². The number of benzene rings is 1. The van der Waals surface area contributed by atoms with Gasteiger partial charge in [0.2, 0.25) is 5.89 Å². The Balaban J connectivity index is 1.87. The maximum atomic E-state index is 11.9. The second kappa shape index (κ2) is 5.91. The van der Waals surface area contributed by atoms with Crippen LogP contribution in [0.4, 0.5) is 18.9 Å². The molecule has 0 radical (unpaired) electrons. The van der Waals surface area contributed by atoms with Gasteiger partial charge in [0.05, 0.1) is 6.42 Å². The van der Waals surface area contributed by atoms with Gasteiger partial charge in [-0.25, -0.2) is 0 Å². The highest BCUT2D eigenvalue weighted by Gasteiger charge is 2.27. The van der Waals surface area contributed by atoms with Gasteiger partial charge in [-0.05, 0) is 17.7 Å². The molecular formula is C12H12F3N3O2. The summed E-state index contributed by atoms with van der Waals surface area (Å²) in [6.07, 6.45) is -3.98. The molecule has 0 saturated heterocycles. The number of hydrogen-bond donors (Lipinski definition) is 1. The largest absolute Gasteiger partial charge is 0.411 e. The van der Waals surface area contributed by atoms with Crippen molar-refractivity contribution >= 4 is 5.69 Å². The molecule has 5 nitrogen and oxygen atoms in total. The molecule has 0 saturated carbocycles. The Morgan fingerprint density at radius 1 is 1.20 bits per heavy atom. The summed E-state index contributed by atoms with van der Waals surface area (Å²) in [5, 5.41) is 3.55. The molecule has 1 aromatic heterocycles. The molecule has 0 unspecified atom stereocenters. The Morgan fingerprint density at radius 2 is 1.90 bits per heavy atom. The fourth-order valence-corrected chi connectivity index (χ4v) is 1.49. The predicted molar refractivity (Wildman–Crippen MR) is 63.7 cm³/mol. The molecule has 0 amide bonds. The molecule has 0 fully saturated rings. The Bertz CT molecular complexity index is 552. The lowest BCUT2D eigenvalue weighted by atomic mass is 10.1. The summed E-state index contributed by atoms with van der Waals surface area (Å²) < 4.78 is 45.0. The summed E-state index contributed by atoms with van der Waals surface area (Å²) in [4.78, 5) is 3.95. The van der Waals surface area contributed by atoms with Crippen LogP contribution in [0, 0.1) is 0 Å². The number of nitrogens with two attached hydrogens (primary N) is 1. The number of ether oxygens (including phenoxy) is 1. The lowest BCUT2D eigenvalue weighted by Gasteiger charge is -2.04. The maximum absolute atomic E-state index is 11.9. The molecule has 0 aliphatic carbocycles. The van der Waals surface area contributed by atoms with Crippen LogP contribution in [0.15, 0.2) is 28.8 Å². The van der Waals surface area contributed by atoms with Crippen LogP contribution in [0.3, 0.4) is 0 Å². The fourth-order valence-electron chi connectivity index (χ4n) is 1.49. The summed E-state index contributed by atoms with van der Waals surface area (Å²) in [5.41, 5.74) is 7.10. The Hall–Kier alpha value is -2.09. The van der Waals surface area contributed by atoms with Crippen LogP contribution >= 0.6 is 0 Å². The molecule has 0 spiro atoms. The molecular weight excluding hydrogens is 275 g/mol. The van der Waals surface area contributed by atoms with Gasteiger partial charge in [0, 0.05) is 5.69 Å². The number of anilines is 1. The third kappa shape index (κ3) is 4.54. The second-order valence-corrected chi connectivity index (χ2v) is 4.13. The van der Waals surface area contributed by atoms with E-state index in [1.165, 1.54) is 0 Å². The minimum atomic E-state index is -4.36. The Morgan fingerprint density at radius 3 is 2.55 bits per heavy atom. The van der Waals surface area contributed by atoms with Crippen molar-refractivity contribution in [2.24, 2.45) is 0 Å². The number of nitrogen functional groups attached to an aromatic ring is 1. The highest BCUT2D eigenvalue weighted by atomic mass is 19.4. The van der Waals surface area contributed by atoms with E-state index in [2.05, 4.69) is 14.9 Å². The molecule has 8 heteroatoms. The summed E-state index contributed by atoms with van der Waals surface area (Å²) in [6, 6.07) is 7.08. The van der Waals surface area contributed by atoms with Crippen LogP contribution in [0.25, 0.3) is 0 Å². The lowest BCUT2D eigenvalue weighted by Crippen LogP contribution is -2.16. The smallest absolute Gasteiger partial charge is 0.399 e. The molecule has 0 aliphatic heterocycles. The number of halogens is 3. The Kier molecular flexibility index (Phi) is 4.23. The number of rotatable bonds is 5. The minimum absolute atomic E-state index is 0.0831. The topological polar surface area (TPSA) is 74.2 Å². The highest BCUT2D eigenvalue weighted by Crippen LogP contribution is 2.15. The number of aromatic nitrogens is 2. The fraction of sp³-hybridized carbons (Fsp3) is 0.333. The van der Waals surface area contributed by atoms with Crippen LogP contribution in [-0.2, 0) is 17.8 Å². The van der Waals surface area contributed by atoms with Gasteiger partial charge in [-0.1, -0.05) is 17.3 Å². The van der Waals surface area contributed by atoms with Crippen LogP contribution in [0.5, 0.6) is 0 Å². The van der Waals surface area contributed by atoms with E-state index >= 15 is 0 Å². The number of hydrogen-bond acceptors (Lipinski definition) is 5. The van der Waals surface area contributed by atoms with Crippen LogP contribution in [-0.4, -0.2) is 22.9 Å². The SMILES string of the molecule is Nc1ccc(Cc2nc(COCC(F)(F)F)no2)cc1. The van der Waals surface area contributed by atoms with Gasteiger partial charge < -0.3 is 15.0 Å². The van der Waals surface area contributed by atoms with Gasteiger partial charge in [0.1, 0.15) is 13.2 Å². The van der Waals surface area contributed by atoms with Crippen molar-refractivity contribution < 1.29 is 22.4 Å². The van der Waals surface area contributed by atoms with Crippen molar-refractivity contribution in [2.75, 3.05) is 12.3 Å². The normalized spacial score (nSPS) is 11.8. The maximum Gasteiger partial charge on any atom is 0.411 e. The van der Waals surface area contributed by atoms with Crippen molar-refractivity contribution in [1.82, 2.24) is 10.1 Å². The molecule has 2 rings (SSSR count). The van der Waals surface area contributed by atoms with E-state index in [0.717, 1.165) is 5.56 Å². The second-order valence-electron chi connectivity index (χ2n) is 4.13. The van der Waals surface area contributed by atoms with Crippen molar-refractivity contribution in [3.05, 3.63) is 41.5 Å². The summed E-state index contributed by atoms with van der Waals surface area (Å²) in [7, 11) is 0. The molecule has 0 bridgehead atoms. The van der Waals surface area contributed by atoms with Crippen molar-refractivity contribution in [3.63, 3.8) is 0 Å². The van der Waals surface area contributed by atoms with Crippen LogP contribution in [0.1, 0.15) is 17.3 Å².